The Morgan fingerprint density at radius 3 is 2.52 bits per heavy atom. The monoisotopic (exact) mass is 514 g/mol. The van der Waals surface area contributed by atoms with Gasteiger partial charge in [0.15, 0.2) is 5.96 Å². The first-order valence-electron chi connectivity index (χ1n) is 8.76. The number of sulfone groups is 1. The van der Waals surface area contributed by atoms with E-state index in [1.54, 1.807) is 6.07 Å². The van der Waals surface area contributed by atoms with Crippen LogP contribution in [0.2, 0.25) is 0 Å². The van der Waals surface area contributed by atoms with Gasteiger partial charge >= 0.3 is 0 Å². The van der Waals surface area contributed by atoms with Crippen LogP contribution in [0.3, 0.4) is 0 Å². The summed E-state index contributed by atoms with van der Waals surface area (Å²) in [5.74, 6) is 0.485. The third-order valence-corrected chi connectivity index (χ3v) is 4.91. The molecule has 0 saturated heterocycles. The summed E-state index contributed by atoms with van der Waals surface area (Å²) in [7, 11) is 0.875. The number of benzene rings is 1. The van der Waals surface area contributed by atoms with E-state index in [4.69, 9.17) is 0 Å². The van der Waals surface area contributed by atoms with Gasteiger partial charge in [-0.15, -0.1) is 24.0 Å². The van der Waals surface area contributed by atoms with Crippen molar-refractivity contribution in [2.45, 2.75) is 32.4 Å². The average molecular weight is 514 g/mol. The quantitative estimate of drug-likeness (QED) is 0.301. The van der Waals surface area contributed by atoms with E-state index in [1.165, 1.54) is 18.4 Å². The van der Waals surface area contributed by atoms with Gasteiger partial charge in [0.2, 0.25) is 0 Å². The summed E-state index contributed by atoms with van der Waals surface area (Å²) in [5.41, 5.74) is 0.861. The molecule has 0 aliphatic carbocycles. The Kier molecular flexibility index (Phi) is 12.1. The molecule has 0 fully saturated rings. The van der Waals surface area contributed by atoms with Crippen LogP contribution in [0.1, 0.15) is 31.9 Å². The van der Waals surface area contributed by atoms with Crippen LogP contribution < -0.4 is 10.6 Å². The van der Waals surface area contributed by atoms with Gasteiger partial charge in [0, 0.05) is 18.8 Å². The van der Waals surface area contributed by atoms with Crippen molar-refractivity contribution < 1.29 is 12.8 Å². The largest absolute Gasteiger partial charge is 0.357 e. The number of likely N-dealkylation sites (N-methyl/N-ethyl adjacent to an activating group) is 1. The van der Waals surface area contributed by atoms with Gasteiger partial charge < -0.3 is 15.5 Å². The van der Waals surface area contributed by atoms with E-state index in [1.807, 2.05) is 38.9 Å². The Labute approximate surface area is 180 Å². The molecule has 0 heterocycles. The van der Waals surface area contributed by atoms with Crippen molar-refractivity contribution in [2.24, 2.45) is 4.99 Å². The molecule has 0 aliphatic rings. The molecule has 6 nitrogen and oxygen atoms in total. The number of hydrogen-bond acceptors (Lipinski definition) is 4. The van der Waals surface area contributed by atoms with E-state index >= 15 is 0 Å². The van der Waals surface area contributed by atoms with Gasteiger partial charge in [0.1, 0.15) is 15.7 Å². The maximum Gasteiger partial charge on any atom is 0.191 e. The molecule has 2 atom stereocenters. The lowest BCUT2D eigenvalue weighted by Gasteiger charge is -2.24. The summed E-state index contributed by atoms with van der Waals surface area (Å²) in [5, 5.41) is 6.39. The van der Waals surface area contributed by atoms with Gasteiger partial charge in [-0.1, -0.05) is 12.1 Å². The summed E-state index contributed by atoms with van der Waals surface area (Å²) in [6, 6.07) is 6.44. The van der Waals surface area contributed by atoms with Gasteiger partial charge in [0.05, 0.1) is 18.3 Å². The second kappa shape index (κ2) is 12.5. The average Bonchev–Trinajstić information content (AvgIpc) is 2.52. The first-order valence-corrected chi connectivity index (χ1v) is 10.8. The molecule has 2 N–H and O–H groups in total. The number of nitrogens with zero attached hydrogens (tertiary/aromatic N) is 2. The van der Waals surface area contributed by atoms with Crippen LogP contribution in [0.25, 0.3) is 0 Å². The normalized spacial score (nSPS) is 14.4. The van der Waals surface area contributed by atoms with Crippen molar-refractivity contribution in [2.75, 3.05) is 39.2 Å². The van der Waals surface area contributed by atoms with Crippen molar-refractivity contribution in [3.05, 3.63) is 35.6 Å². The topological polar surface area (TPSA) is 73.8 Å². The van der Waals surface area contributed by atoms with E-state index in [0.29, 0.717) is 25.5 Å². The van der Waals surface area contributed by atoms with Crippen molar-refractivity contribution >= 4 is 39.8 Å². The first-order chi connectivity index (χ1) is 12.1. The van der Waals surface area contributed by atoms with Crippen LogP contribution in [0.4, 0.5) is 4.39 Å². The maximum atomic E-state index is 13.5. The number of hydrogen-bond donors (Lipinski definition) is 2. The van der Waals surface area contributed by atoms with Gasteiger partial charge in [-0.3, -0.25) is 4.99 Å². The fourth-order valence-electron chi connectivity index (χ4n) is 2.47. The summed E-state index contributed by atoms with van der Waals surface area (Å²) >= 11 is 0. The maximum absolute atomic E-state index is 13.5. The highest BCUT2D eigenvalue weighted by atomic mass is 127. The van der Waals surface area contributed by atoms with Crippen LogP contribution in [0.5, 0.6) is 0 Å². The Morgan fingerprint density at radius 2 is 2.00 bits per heavy atom. The predicted molar refractivity (Wildman–Crippen MR) is 121 cm³/mol. The van der Waals surface area contributed by atoms with E-state index < -0.39 is 9.84 Å². The Balaban J connectivity index is 0.00000676. The highest BCUT2D eigenvalue weighted by molar-refractivity contribution is 14.0. The minimum absolute atomic E-state index is 0. The van der Waals surface area contributed by atoms with Crippen LogP contribution >= 0.6 is 24.0 Å². The van der Waals surface area contributed by atoms with E-state index in [9.17, 15) is 12.8 Å². The van der Waals surface area contributed by atoms with Crippen molar-refractivity contribution in [1.29, 1.82) is 0 Å². The predicted octanol–water partition coefficient (Wildman–Crippen LogP) is 2.42. The molecule has 1 rings (SSSR count). The molecule has 0 aliphatic heterocycles. The van der Waals surface area contributed by atoms with Crippen LogP contribution in [0.15, 0.2) is 29.3 Å². The van der Waals surface area contributed by atoms with Gasteiger partial charge in [0.25, 0.3) is 0 Å². The number of rotatable bonds is 9. The fraction of sp³-hybridized carbons (Fsp3) is 0.611. The summed E-state index contributed by atoms with van der Waals surface area (Å²) in [4.78, 5) is 6.60. The zero-order valence-corrected chi connectivity index (χ0v) is 19.8. The molecular weight excluding hydrogens is 482 g/mol. The van der Waals surface area contributed by atoms with E-state index in [-0.39, 0.29) is 47.6 Å². The Bertz CT molecular complexity index is 698. The molecular formula is C18H32FIN4O2S. The van der Waals surface area contributed by atoms with Gasteiger partial charge in [-0.25, -0.2) is 12.8 Å². The highest BCUT2D eigenvalue weighted by Gasteiger charge is 2.15. The zero-order chi connectivity index (χ0) is 19.7. The smallest absolute Gasteiger partial charge is 0.191 e. The second-order valence-electron chi connectivity index (χ2n) is 6.72. The zero-order valence-electron chi connectivity index (χ0n) is 16.7. The van der Waals surface area contributed by atoms with Crippen LogP contribution in [-0.2, 0) is 9.84 Å². The lowest BCUT2D eigenvalue weighted by atomic mass is 10.1. The molecule has 0 bridgehead atoms. The molecule has 1 aromatic rings. The molecule has 0 radical (unpaired) electrons. The van der Waals surface area contributed by atoms with Crippen molar-refractivity contribution in [1.82, 2.24) is 15.5 Å². The number of halogens is 2. The summed E-state index contributed by atoms with van der Waals surface area (Å²) in [6.07, 6.45) is 1.74. The number of guanidine groups is 1. The molecule has 0 aromatic heterocycles. The van der Waals surface area contributed by atoms with Gasteiger partial charge in [-0.2, -0.15) is 0 Å². The minimum Gasteiger partial charge on any atom is -0.357 e. The Hall–Kier alpha value is -0.940. The van der Waals surface area contributed by atoms with Gasteiger partial charge in [-0.05, 0) is 52.1 Å². The van der Waals surface area contributed by atoms with Crippen molar-refractivity contribution in [3.8, 4) is 0 Å². The highest BCUT2D eigenvalue weighted by Crippen LogP contribution is 2.19. The van der Waals surface area contributed by atoms with E-state index in [0.717, 1.165) is 5.56 Å². The molecule has 9 heteroatoms. The molecule has 1 aromatic carbocycles. The molecule has 0 amide bonds. The molecule has 156 valence electrons. The van der Waals surface area contributed by atoms with E-state index in [2.05, 4.69) is 15.6 Å². The first kappa shape index (κ1) is 26.1. The fourth-order valence-corrected chi connectivity index (χ4v) is 3.26. The Morgan fingerprint density at radius 1 is 1.33 bits per heavy atom. The third-order valence-electron chi connectivity index (χ3n) is 3.93. The SMILES string of the molecule is CCNC(=NCC(c1cccc(F)c1)N(C)C)NC(C)CCS(C)(=O)=O.I. The molecule has 0 saturated carbocycles. The summed E-state index contributed by atoms with van der Waals surface area (Å²) in [6.45, 7) is 5.03. The summed E-state index contributed by atoms with van der Waals surface area (Å²) < 4.78 is 36.2. The van der Waals surface area contributed by atoms with Crippen molar-refractivity contribution in [3.63, 3.8) is 0 Å². The number of aliphatic imine (C=N–C) groups is 1. The molecule has 0 spiro atoms. The van der Waals surface area contributed by atoms with Crippen LogP contribution in [-0.4, -0.2) is 64.5 Å². The second-order valence-corrected chi connectivity index (χ2v) is 8.98. The standard InChI is InChI=1S/C18H31FN4O2S.HI/c1-6-20-18(22-14(2)10-11-26(5,24)25)21-13-17(23(3)4)15-8-7-9-16(19)12-15;/h7-9,12,14,17H,6,10-11,13H2,1-5H3,(H2,20,21,22);1H. The number of nitrogens with one attached hydrogen (secondary N) is 2. The molecule has 2 unspecified atom stereocenters. The van der Waals surface area contributed by atoms with Crippen LogP contribution in [0, 0.1) is 5.82 Å². The lowest BCUT2D eigenvalue weighted by molar-refractivity contribution is 0.305. The minimum atomic E-state index is -2.99. The lowest BCUT2D eigenvalue weighted by Crippen LogP contribution is -2.43. The third kappa shape index (κ3) is 10.8. The molecule has 27 heavy (non-hydrogen) atoms.